The van der Waals surface area contributed by atoms with Crippen LogP contribution in [-0.2, 0) is 5.41 Å². The van der Waals surface area contributed by atoms with E-state index in [1.54, 1.807) is 0 Å². The van der Waals surface area contributed by atoms with Crippen LogP contribution in [0.2, 0.25) is 0 Å². The average Bonchev–Trinajstić information content (AvgIpc) is 3.90. The van der Waals surface area contributed by atoms with Gasteiger partial charge in [-0.2, -0.15) is 0 Å². The van der Waals surface area contributed by atoms with Crippen LogP contribution in [0.5, 0.6) is 0 Å². The molecule has 0 atom stereocenters. The number of nitrogens with zero attached hydrogens (tertiary/aromatic N) is 4. The first-order valence-electron chi connectivity index (χ1n) is 18.7. The van der Waals surface area contributed by atoms with E-state index in [2.05, 4.69) is 208 Å². The van der Waals surface area contributed by atoms with E-state index in [1.165, 1.54) is 59.5 Å². The summed E-state index contributed by atoms with van der Waals surface area (Å²) in [6.07, 6.45) is 0. The zero-order chi connectivity index (χ0) is 36.1. The second kappa shape index (κ2) is 11.6. The van der Waals surface area contributed by atoms with Crippen LogP contribution in [0.1, 0.15) is 22.3 Å². The number of imidazole rings is 2. The Morgan fingerprint density at radius 2 is 1.05 bits per heavy atom. The molecule has 258 valence electrons. The molecule has 0 aliphatic carbocycles. The van der Waals surface area contributed by atoms with Crippen LogP contribution in [0, 0.1) is 0 Å². The molecule has 0 bridgehead atoms. The highest BCUT2D eigenvalue weighted by atomic mass is 32.2. The molecule has 0 radical (unpaired) electrons. The molecule has 4 heterocycles. The van der Waals surface area contributed by atoms with E-state index in [0.717, 1.165) is 33.5 Å². The van der Waals surface area contributed by atoms with Crippen LogP contribution < -0.4 is 0 Å². The summed E-state index contributed by atoms with van der Waals surface area (Å²) in [5.41, 5.74) is 13.6. The van der Waals surface area contributed by atoms with Crippen LogP contribution in [-0.4, -0.2) is 18.5 Å². The van der Waals surface area contributed by atoms with E-state index in [-0.39, 0.29) is 0 Å². The fourth-order valence-corrected chi connectivity index (χ4v) is 10.6. The third kappa shape index (κ3) is 4.16. The first-order valence-corrected chi connectivity index (χ1v) is 19.5. The highest BCUT2D eigenvalue weighted by molar-refractivity contribution is 7.99. The zero-order valence-corrected chi connectivity index (χ0v) is 30.5. The summed E-state index contributed by atoms with van der Waals surface area (Å²) in [4.78, 5) is 7.71. The Kier molecular flexibility index (Phi) is 6.45. The van der Waals surface area contributed by atoms with Crippen molar-refractivity contribution in [2.75, 3.05) is 0 Å². The average molecular weight is 721 g/mol. The lowest BCUT2D eigenvalue weighted by Gasteiger charge is -2.42. The molecule has 8 aromatic carbocycles. The molecule has 55 heavy (non-hydrogen) atoms. The van der Waals surface area contributed by atoms with Crippen LogP contribution in [0.15, 0.2) is 204 Å². The Labute approximate surface area is 321 Å². The van der Waals surface area contributed by atoms with E-state index < -0.39 is 5.41 Å². The van der Waals surface area contributed by atoms with Gasteiger partial charge in [0.15, 0.2) is 0 Å². The molecule has 0 fully saturated rings. The number of hydrogen-bond acceptors (Lipinski definition) is 2. The third-order valence-corrected chi connectivity index (χ3v) is 12.8. The van der Waals surface area contributed by atoms with Crippen LogP contribution in [0.25, 0.3) is 61.0 Å². The minimum Gasteiger partial charge on any atom is -0.308 e. The third-order valence-electron chi connectivity index (χ3n) is 11.6. The van der Waals surface area contributed by atoms with Crippen molar-refractivity contribution in [1.82, 2.24) is 18.5 Å². The maximum atomic E-state index is 5.17. The van der Waals surface area contributed by atoms with Gasteiger partial charge < -0.3 is 4.57 Å². The summed E-state index contributed by atoms with van der Waals surface area (Å²) in [5.74, 6) is 0.913. The minimum atomic E-state index is -0.504. The second-order valence-corrected chi connectivity index (χ2v) is 15.4. The van der Waals surface area contributed by atoms with Crippen molar-refractivity contribution in [2.24, 2.45) is 0 Å². The standard InChI is InChI=1S/C50H32N4S/c1-3-16-33(17-4-1)50(34-18-5-2-6-19-34)38-21-8-14-29-47(38)55-48-39(50)22-15-28-46(48)53-41-24-10-7-20-36(41)37-32-35(30-31-42(37)53)52-44-26-12-13-27-45(44)54-43-25-11-9-23-40(43)51-49(52)54/h1-32H. The molecule has 12 rings (SSSR count). The molecule has 5 heteroatoms. The minimum absolute atomic E-state index is 0.504. The molecule has 0 saturated carbocycles. The SMILES string of the molecule is c1ccc(C2(c3ccccc3)c3ccccc3Sc3c(-n4c5ccccc5c5cc(-n6c7ccccc7n7c8ccccc8nc67)ccc54)cccc32)cc1. The molecule has 0 amide bonds. The van der Waals surface area contributed by atoms with Gasteiger partial charge in [-0.25, -0.2) is 4.98 Å². The Morgan fingerprint density at radius 1 is 0.436 bits per heavy atom. The van der Waals surface area contributed by atoms with Crippen molar-refractivity contribution in [3.8, 4) is 11.4 Å². The quantitative estimate of drug-likeness (QED) is 0.181. The molecule has 11 aromatic rings. The lowest BCUT2D eigenvalue weighted by atomic mass is 9.64. The molecule has 1 aliphatic rings. The Hall–Kier alpha value is -6.82. The maximum Gasteiger partial charge on any atom is 0.220 e. The zero-order valence-electron chi connectivity index (χ0n) is 29.7. The Morgan fingerprint density at radius 3 is 1.85 bits per heavy atom. The highest BCUT2D eigenvalue weighted by Crippen LogP contribution is 2.57. The topological polar surface area (TPSA) is 27.2 Å². The molecular formula is C50H32N4S. The van der Waals surface area contributed by atoms with Gasteiger partial charge in [0.2, 0.25) is 5.78 Å². The summed E-state index contributed by atoms with van der Waals surface area (Å²) in [6.45, 7) is 0. The Bertz CT molecular complexity index is 3260. The first kappa shape index (κ1) is 30.6. The van der Waals surface area contributed by atoms with Gasteiger partial charge in [0.1, 0.15) is 0 Å². The molecule has 1 aliphatic heterocycles. The van der Waals surface area contributed by atoms with Crippen LogP contribution in [0.4, 0.5) is 0 Å². The monoisotopic (exact) mass is 720 g/mol. The van der Waals surface area contributed by atoms with Crippen LogP contribution >= 0.6 is 11.8 Å². The van der Waals surface area contributed by atoms with Gasteiger partial charge >= 0.3 is 0 Å². The van der Waals surface area contributed by atoms with E-state index in [0.29, 0.717) is 0 Å². The van der Waals surface area contributed by atoms with E-state index in [9.17, 15) is 0 Å². The van der Waals surface area contributed by atoms with Crippen molar-refractivity contribution in [3.63, 3.8) is 0 Å². The maximum absolute atomic E-state index is 5.17. The van der Waals surface area contributed by atoms with Gasteiger partial charge in [-0.1, -0.05) is 145 Å². The lowest BCUT2D eigenvalue weighted by Crippen LogP contribution is -2.34. The van der Waals surface area contributed by atoms with Crippen molar-refractivity contribution in [2.45, 2.75) is 15.2 Å². The van der Waals surface area contributed by atoms with Gasteiger partial charge in [-0.15, -0.1) is 0 Å². The normalized spacial score (nSPS) is 13.5. The van der Waals surface area contributed by atoms with Crippen molar-refractivity contribution in [1.29, 1.82) is 0 Å². The van der Waals surface area contributed by atoms with Crippen molar-refractivity contribution < 1.29 is 0 Å². The predicted molar refractivity (Wildman–Crippen MR) is 226 cm³/mol. The van der Waals surface area contributed by atoms with Gasteiger partial charge in [0.05, 0.1) is 44.2 Å². The molecule has 0 unspecified atom stereocenters. The van der Waals surface area contributed by atoms with E-state index in [1.807, 2.05) is 11.8 Å². The number of rotatable bonds is 4. The smallest absolute Gasteiger partial charge is 0.220 e. The van der Waals surface area contributed by atoms with Crippen molar-refractivity contribution >= 4 is 61.4 Å². The summed E-state index contributed by atoms with van der Waals surface area (Å²) in [6, 6.07) is 70.8. The van der Waals surface area contributed by atoms with E-state index >= 15 is 0 Å². The van der Waals surface area contributed by atoms with E-state index in [4.69, 9.17) is 4.98 Å². The molecule has 0 N–H and O–H groups in total. The van der Waals surface area contributed by atoms with Crippen molar-refractivity contribution in [3.05, 3.63) is 216 Å². The number of para-hydroxylation sites is 5. The van der Waals surface area contributed by atoms with Gasteiger partial charge in [-0.05, 0) is 82.9 Å². The summed E-state index contributed by atoms with van der Waals surface area (Å²) in [5, 5.41) is 2.42. The number of benzene rings is 8. The number of fused-ring (bicyclic) bond motifs is 10. The highest BCUT2D eigenvalue weighted by Gasteiger charge is 2.45. The Balaban J connectivity index is 1.15. The molecular weight excluding hydrogens is 689 g/mol. The first-order chi connectivity index (χ1) is 27.3. The predicted octanol–water partition coefficient (Wildman–Crippen LogP) is 12.4. The molecule has 3 aromatic heterocycles. The summed E-state index contributed by atoms with van der Waals surface area (Å²) in [7, 11) is 0. The lowest BCUT2D eigenvalue weighted by molar-refractivity contribution is 0.700. The molecule has 0 spiro atoms. The van der Waals surface area contributed by atoms with Gasteiger partial charge in [-0.3, -0.25) is 8.97 Å². The van der Waals surface area contributed by atoms with Crippen LogP contribution in [0.3, 0.4) is 0 Å². The van der Waals surface area contributed by atoms with Gasteiger partial charge in [0, 0.05) is 26.3 Å². The number of hydrogen-bond donors (Lipinski definition) is 0. The fraction of sp³-hybridized carbons (Fsp3) is 0.0200. The molecule has 0 saturated heterocycles. The second-order valence-electron chi connectivity index (χ2n) is 14.3. The number of aromatic nitrogens is 4. The summed E-state index contributed by atoms with van der Waals surface area (Å²) >= 11 is 1.89. The van der Waals surface area contributed by atoms with Gasteiger partial charge in [0.25, 0.3) is 0 Å². The fourth-order valence-electron chi connectivity index (χ4n) is 9.35. The molecule has 4 nitrogen and oxygen atoms in total. The largest absolute Gasteiger partial charge is 0.308 e. The summed E-state index contributed by atoms with van der Waals surface area (Å²) < 4.78 is 7.09.